The van der Waals surface area contributed by atoms with Gasteiger partial charge in [0, 0.05) is 5.02 Å². The molecule has 0 fully saturated rings. The second-order valence-electron chi connectivity index (χ2n) is 4.52. The Morgan fingerprint density at radius 3 is 2.33 bits per heavy atom. The number of rotatable bonds is 4. The molecule has 5 heteroatoms. The zero-order valence-corrected chi connectivity index (χ0v) is 12.4. The Morgan fingerprint density at radius 2 is 1.83 bits per heavy atom. The van der Waals surface area contributed by atoms with Gasteiger partial charge < -0.3 is 11.1 Å². The minimum absolute atomic E-state index is 0. The maximum Gasteiger partial charge on any atom is 0.237 e. The minimum atomic E-state index is -0.486. The van der Waals surface area contributed by atoms with Crippen molar-refractivity contribution in [3.8, 4) is 0 Å². The van der Waals surface area contributed by atoms with E-state index in [4.69, 9.17) is 17.3 Å². The van der Waals surface area contributed by atoms with Crippen molar-refractivity contribution < 1.29 is 4.79 Å². The summed E-state index contributed by atoms with van der Waals surface area (Å²) >= 11 is 6.06. The summed E-state index contributed by atoms with van der Waals surface area (Å²) in [6.07, 6.45) is 0. The lowest BCUT2D eigenvalue weighted by Crippen LogP contribution is -2.44. The van der Waals surface area contributed by atoms with Gasteiger partial charge in [0.1, 0.15) is 0 Å². The van der Waals surface area contributed by atoms with Gasteiger partial charge >= 0.3 is 0 Å². The molecule has 1 unspecified atom stereocenters. The third-order valence-corrected chi connectivity index (χ3v) is 3.10. The summed E-state index contributed by atoms with van der Waals surface area (Å²) in [6, 6.07) is 6.84. The normalized spacial score (nSPS) is 13.7. The fraction of sp³-hybridized carbons (Fsp3) is 0.462. The van der Waals surface area contributed by atoms with Crippen LogP contribution in [0.1, 0.15) is 32.4 Å². The molecule has 2 atom stereocenters. The summed E-state index contributed by atoms with van der Waals surface area (Å²) in [5.74, 6) is -0.0270. The number of benzene rings is 1. The SMILES string of the molecule is CC(NC(=O)[C@H](N)C(C)C)c1ccccc1Cl.Cl. The lowest BCUT2D eigenvalue weighted by atomic mass is 10.0. The van der Waals surface area contributed by atoms with E-state index in [0.717, 1.165) is 5.56 Å². The van der Waals surface area contributed by atoms with Gasteiger partial charge in [0.15, 0.2) is 0 Å². The van der Waals surface area contributed by atoms with Crippen LogP contribution in [0.4, 0.5) is 0 Å². The molecule has 1 aromatic rings. The molecule has 0 aliphatic heterocycles. The molecule has 0 saturated heterocycles. The summed E-state index contributed by atoms with van der Waals surface area (Å²) in [5.41, 5.74) is 6.68. The van der Waals surface area contributed by atoms with Crippen LogP contribution in [0.5, 0.6) is 0 Å². The molecule has 1 aromatic carbocycles. The fourth-order valence-corrected chi connectivity index (χ4v) is 1.82. The van der Waals surface area contributed by atoms with Gasteiger partial charge in [-0.2, -0.15) is 0 Å². The zero-order chi connectivity index (χ0) is 13.0. The molecule has 0 aromatic heterocycles. The smallest absolute Gasteiger partial charge is 0.237 e. The molecular formula is C13H20Cl2N2O. The molecule has 1 rings (SSSR count). The maximum atomic E-state index is 11.8. The molecular weight excluding hydrogens is 271 g/mol. The number of nitrogens with one attached hydrogen (secondary N) is 1. The number of halogens is 2. The quantitative estimate of drug-likeness (QED) is 0.896. The third kappa shape index (κ3) is 4.48. The average Bonchev–Trinajstić information content (AvgIpc) is 2.28. The number of carbonyl (C=O) groups excluding carboxylic acids is 1. The molecule has 0 aliphatic carbocycles. The van der Waals surface area contributed by atoms with Gasteiger partial charge in [0.25, 0.3) is 0 Å². The van der Waals surface area contributed by atoms with E-state index in [1.807, 2.05) is 45.0 Å². The van der Waals surface area contributed by atoms with E-state index in [2.05, 4.69) is 5.32 Å². The van der Waals surface area contributed by atoms with Crippen molar-refractivity contribution in [2.24, 2.45) is 11.7 Å². The first-order valence-corrected chi connectivity index (χ1v) is 6.11. The molecule has 0 saturated carbocycles. The maximum absolute atomic E-state index is 11.8. The molecule has 3 nitrogen and oxygen atoms in total. The average molecular weight is 291 g/mol. The Kier molecular flexibility index (Phi) is 7.29. The number of amides is 1. The first kappa shape index (κ1) is 17.2. The van der Waals surface area contributed by atoms with Gasteiger partial charge in [0.05, 0.1) is 12.1 Å². The molecule has 0 bridgehead atoms. The Bertz CT molecular complexity index is 396. The van der Waals surface area contributed by atoms with E-state index in [1.165, 1.54) is 0 Å². The molecule has 18 heavy (non-hydrogen) atoms. The third-order valence-electron chi connectivity index (χ3n) is 2.75. The Hall–Kier alpha value is -0.770. The molecule has 3 N–H and O–H groups in total. The first-order chi connectivity index (χ1) is 7.93. The number of carbonyl (C=O) groups is 1. The van der Waals surface area contributed by atoms with Gasteiger partial charge in [-0.05, 0) is 24.5 Å². The monoisotopic (exact) mass is 290 g/mol. The first-order valence-electron chi connectivity index (χ1n) is 5.74. The highest BCUT2D eigenvalue weighted by atomic mass is 35.5. The van der Waals surface area contributed by atoms with Crippen LogP contribution < -0.4 is 11.1 Å². The van der Waals surface area contributed by atoms with Crippen LogP contribution in [0.2, 0.25) is 5.02 Å². The summed E-state index contributed by atoms with van der Waals surface area (Å²) in [4.78, 5) is 11.8. The molecule has 0 spiro atoms. The topological polar surface area (TPSA) is 55.1 Å². The van der Waals surface area contributed by atoms with Crippen molar-refractivity contribution in [2.75, 3.05) is 0 Å². The lowest BCUT2D eigenvalue weighted by molar-refractivity contribution is -0.123. The van der Waals surface area contributed by atoms with E-state index in [9.17, 15) is 4.79 Å². The summed E-state index contributed by atoms with van der Waals surface area (Å²) in [5, 5.41) is 3.52. The highest BCUT2D eigenvalue weighted by Gasteiger charge is 2.20. The van der Waals surface area contributed by atoms with Gasteiger partial charge in [0.2, 0.25) is 5.91 Å². The van der Waals surface area contributed by atoms with Crippen LogP contribution in [0.25, 0.3) is 0 Å². The molecule has 102 valence electrons. The van der Waals surface area contributed by atoms with E-state index in [1.54, 1.807) is 0 Å². The number of hydrogen-bond acceptors (Lipinski definition) is 2. The second kappa shape index (κ2) is 7.62. The molecule has 0 aliphatic rings. The van der Waals surface area contributed by atoms with Crippen molar-refractivity contribution in [3.05, 3.63) is 34.9 Å². The van der Waals surface area contributed by atoms with E-state index >= 15 is 0 Å². The van der Waals surface area contributed by atoms with Gasteiger partial charge in [-0.1, -0.05) is 43.6 Å². The van der Waals surface area contributed by atoms with Crippen LogP contribution in [-0.4, -0.2) is 11.9 Å². The van der Waals surface area contributed by atoms with Crippen molar-refractivity contribution >= 4 is 29.9 Å². The van der Waals surface area contributed by atoms with Gasteiger partial charge in [-0.25, -0.2) is 0 Å². The van der Waals surface area contributed by atoms with Crippen molar-refractivity contribution in [1.29, 1.82) is 0 Å². The van der Waals surface area contributed by atoms with E-state index in [-0.39, 0.29) is 30.3 Å². The lowest BCUT2D eigenvalue weighted by Gasteiger charge is -2.20. The van der Waals surface area contributed by atoms with Crippen LogP contribution in [-0.2, 0) is 4.79 Å². The van der Waals surface area contributed by atoms with Crippen LogP contribution in [0, 0.1) is 5.92 Å². The van der Waals surface area contributed by atoms with E-state index < -0.39 is 6.04 Å². The van der Waals surface area contributed by atoms with Crippen molar-refractivity contribution in [2.45, 2.75) is 32.9 Å². The van der Waals surface area contributed by atoms with Gasteiger partial charge in [-0.15, -0.1) is 12.4 Å². The molecule has 1 amide bonds. The molecule has 0 radical (unpaired) electrons. The largest absolute Gasteiger partial charge is 0.348 e. The number of hydrogen-bond donors (Lipinski definition) is 2. The van der Waals surface area contributed by atoms with Crippen LogP contribution in [0.15, 0.2) is 24.3 Å². The summed E-state index contributed by atoms with van der Waals surface area (Å²) in [6.45, 7) is 5.74. The Balaban J connectivity index is 0.00000289. The predicted octanol–water partition coefficient (Wildman–Crippen LogP) is 2.92. The van der Waals surface area contributed by atoms with Crippen molar-refractivity contribution in [1.82, 2.24) is 5.32 Å². The Morgan fingerprint density at radius 1 is 1.28 bits per heavy atom. The number of nitrogens with two attached hydrogens (primary N) is 1. The summed E-state index contributed by atoms with van der Waals surface area (Å²) in [7, 11) is 0. The van der Waals surface area contributed by atoms with Crippen molar-refractivity contribution in [3.63, 3.8) is 0 Å². The fourth-order valence-electron chi connectivity index (χ4n) is 1.52. The predicted molar refractivity (Wildman–Crippen MR) is 78.1 cm³/mol. The summed E-state index contributed by atoms with van der Waals surface area (Å²) < 4.78 is 0. The van der Waals surface area contributed by atoms with Gasteiger partial charge in [-0.3, -0.25) is 4.79 Å². The van der Waals surface area contributed by atoms with Crippen LogP contribution in [0.3, 0.4) is 0 Å². The highest BCUT2D eigenvalue weighted by Crippen LogP contribution is 2.22. The second-order valence-corrected chi connectivity index (χ2v) is 4.93. The Labute approximate surface area is 119 Å². The van der Waals surface area contributed by atoms with E-state index in [0.29, 0.717) is 5.02 Å². The minimum Gasteiger partial charge on any atom is -0.348 e. The molecule has 0 heterocycles. The van der Waals surface area contributed by atoms with Crippen LogP contribution >= 0.6 is 24.0 Å². The standard InChI is InChI=1S/C13H19ClN2O.ClH/c1-8(2)12(15)13(17)16-9(3)10-6-4-5-7-11(10)14;/h4-9,12H,15H2,1-3H3,(H,16,17);1H/t9?,12-;/m1./s1. The zero-order valence-electron chi connectivity index (χ0n) is 10.8. The highest BCUT2D eigenvalue weighted by molar-refractivity contribution is 6.31.